The van der Waals surface area contributed by atoms with E-state index in [1.807, 2.05) is 0 Å². The van der Waals surface area contributed by atoms with Crippen LogP contribution < -0.4 is 5.32 Å². The summed E-state index contributed by atoms with van der Waals surface area (Å²) < 4.78 is 0. The highest BCUT2D eigenvalue weighted by Gasteiger charge is 2.43. The fraction of sp³-hybridized carbons (Fsp3) is 0.923. The average Bonchev–Trinajstić information content (AvgIpc) is 2.65. The number of carbonyl (C=O) groups excluding carboxylic acids is 1. The second-order valence-corrected chi connectivity index (χ2v) is 11.1. The van der Waals surface area contributed by atoms with Crippen molar-refractivity contribution >= 4 is 11.9 Å². The number of amides is 1. The van der Waals surface area contributed by atoms with Gasteiger partial charge in [-0.3, -0.25) is 14.5 Å². The van der Waals surface area contributed by atoms with Crippen molar-refractivity contribution in [1.82, 2.24) is 10.2 Å². The summed E-state index contributed by atoms with van der Waals surface area (Å²) in [5.41, 5.74) is -0.00292. The summed E-state index contributed by atoms with van der Waals surface area (Å²) in [6.45, 7) is 11.1. The number of nitrogens with zero attached hydrogens (tertiary/aromatic N) is 1. The minimum Gasteiger partial charge on any atom is -0.481 e. The second-order valence-electron chi connectivity index (χ2n) is 11.1. The van der Waals surface area contributed by atoms with E-state index >= 15 is 0 Å². The number of carboxylic acids is 1. The first-order chi connectivity index (χ1) is 14.5. The molecule has 5 nitrogen and oxygen atoms in total. The molecule has 1 unspecified atom stereocenters. The van der Waals surface area contributed by atoms with E-state index in [1.54, 1.807) is 0 Å². The monoisotopic (exact) mass is 438 g/mol. The molecule has 1 aliphatic rings. The van der Waals surface area contributed by atoms with Gasteiger partial charge in [0.2, 0.25) is 5.91 Å². The molecule has 1 rings (SSSR count). The fourth-order valence-corrected chi connectivity index (χ4v) is 5.21. The largest absolute Gasteiger partial charge is 0.481 e. The first kappa shape index (κ1) is 27.9. The normalized spacial score (nSPS) is 19.8. The summed E-state index contributed by atoms with van der Waals surface area (Å²) in [5, 5.41) is 12.5. The average molecular weight is 439 g/mol. The molecule has 1 amide bonds. The molecular formula is C26H50N2O3. The molecule has 1 fully saturated rings. The molecule has 31 heavy (non-hydrogen) atoms. The van der Waals surface area contributed by atoms with E-state index in [1.165, 1.54) is 51.4 Å². The van der Waals surface area contributed by atoms with E-state index in [0.717, 1.165) is 25.7 Å². The molecule has 1 atom stereocenters. The lowest BCUT2D eigenvalue weighted by molar-refractivity contribution is -0.141. The Morgan fingerprint density at radius 2 is 1.35 bits per heavy atom. The lowest BCUT2D eigenvalue weighted by Gasteiger charge is -2.53. The standard InChI is InChI=1S/C26H50N2O3/c1-7-8-9-10-11-12-13-14-15-16-17-21(18-23(29)30)24(31)27-22-19-25(2,3)28(6)26(4,5)20-22/h21-22H,7-20H2,1-6H3,(H,27,31)(H,29,30). The van der Waals surface area contributed by atoms with Crippen LogP contribution in [0, 0.1) is 5.92 Å². The molecule has 0 radical (unpaired) electrons. The molecule has 5 heteroatoms. The van der Waals surface area contributed by atoms with Crippen LogP contribution in [0.1, 0.15) is 125 Å². The zero-order valence-electron chi connectivity index (χ0n) is 21.3. The lowest BCUT2D eigenvalue weighted by atomic mass is 9.77. The Morgan fingerprint density at radius 1 is 0.903 bits per heavy atom. The van der Waals surface area contributed by atoms with Crippen molar-refractivity contribution < 1.29 is 14.7 Å². The third-order valence-electron chi connectivity index (χ3n) is 7.35. The lowest BCUT2D eigenvalue weighted by Crippen LogP contribution is -2.62. The van der Waals surface area contributed by atoms with Crippen LogP contribution in [0.15, 0.2) is 0 Å². The van der Waals surface area contributed by atoms with E-state index in [2.05, 4.69) is 51.9 Å². The minimum absolute atomic E-state index is 0.00146. The first-order valence-corrected chi connectivity index (χ1v) is 12.8. The topological polar surface area (TPSA) is 69.6 Å². The molecule has 0 aromatic heterocycles. The van der Waals surface area contributed by atoms with Crippen molar-refractivity contribution in [3.63, 3.8) is 0 Å². The number of rotatable bonds is 15. The van der Waals surface area contributed by atoms with Gasteiger partial charge in [-0.05, 0) is 54.0 Å². The van der Waals surface area contributed by atoms with Gasteiger partial charge in [0.25, 0.3) is 0 Å². The molecule has 0 aliphatic carbocycles. The van der Waals surface area contributed by atoms with Crippen LogP contribution in [0.25, 0.3) is 0 Å². The number of carbonyl (C=O) groups is 2. The van der Waals surface area contributed by atoms with Crippen LogP contribution in [0.3, 0.4) is 0 Å². The van der Waals surface area contributed by atoms with Gasteiger partial charge in [-0.1, -0.05) is 71.1 Å². The summed E-state index contributed by atoms with van der Waals surface area (Å²) in [5.74, 6) is -1.37. The molecule has 0 saturated carbocycles. The van der Waals surface area contributed by atoms with Crippen molar-refractivity contribution in [3.8, 4) is 0 Å². The van der Waals surface area contributed by atoms with Crippen LogP contribution in [0.2, 0.25) is 0 Å². The summed E-state index contributed by atoms with van der Waals surface area (Å²) in [6.07, 6.45) is 14.8. The highest BCUT2D eigenvalue weighted by atomic mass is 16.4. The third-order valence-corrected chi connectivity index (χ3v) is 7.35. The highest BCUT2D eigenvalue weighted by molar-refractivity contribution is 5.83. The number of unbranched alkanes of at least 4 members (excludes halogenated alkanes) is 9. The predicted molar refractivity (Wildman–Crippen MR) is 129 cm³/mol. The van der Waals surface area contributed by atoms with E-state index in [-0.39, 0.29) is 29.4 Å². The van der Waals surface area contributed by atoms with Gasteiger partial charge in [0.05, 0.1) is 6.42 Å². The van der Waals surface area contributed by atoms with Gasteiger partial charge in [0, 0.05) is 23.0 Å². The Bertz CT molecular complexity index is 527. The Balaban J connectivity index is 2.42. The van der Waals surface area contributed by atoms with Crippen molar-refractivity contribution in [3.05, 3.63) is 0 Å². The van der Waals surface area contributed by atoms with Crippen molar-refractivity contribution in [1.29, 1.82) is 0 Å². The number of hydrogen-bond acceptors (Lipinski definition) is 3. The Kier molecular flexibility index (Phi) is 12.1. The van der Waals surface area contributed by atoms with Gasteiger partial charge in [0.15, 0.2) is 0 Å². The van der Waals surface area contributed by atoms with Gasteiger partial charge >= 0.3 is 5.97 Å². The molecule has 0 bridgehead atoms. The Morgan fingerprint density at radius 3 is 1.81 bits per heavy atom. The maximum Gasteiger partial charge on any atom is 0.304 e. The number of aliphatic carboxylic acids is 1. The zero-order chi connectivity index (χ0) is 23.5. The van der Waals surface area contributed by atoms with Crippen LogP contribution in [0.4, 0.5) is 0 Å². The molecule has 1 heterocycles. The summed E-state index contributed by atoms with van der Waals surface area (Å²) >= 11 is 0. The van der Waals surface area contributed by atoms with Gasteiger partial charge < -0.3 is 10.4 Å². The van der Waals surface area contributed by atoms with E-state index in [4.69, 9.17) is 0 Å². The molecular weight excluding hydrogens is 388 g/mol. The summed E-state index contributed by atoms with van der Waals surface area (Å²) in [6, 6.07) is 0.0951. The SMILES string of the molecule is CCCCCCCCCCCCC(CC(=O)O)C(=O)NC1CC(C)(C)N(C)C(C)(C)C1. The predicted octanol–water partition coefficient (Wildman–Crippen LogP) is 6.16. The highest BCUT2D eigenvalue weighted by Crippen LogP contribution is 2.37. The zero-order valence-corrected chi connectivity index (χ0v) is 21.3. The molecule has 1 aliphatic heterocycles. The van der Waals surface area contributed by atoms with Crippen molar-refractivity contribution in [2.45, 2.75) is 142 Å². The van der Waals surface area contributed by atoms with Crippen molar-refractivity contribution in [2.24, 2.45) is 5.92 Å². The fourth-order valence-electron chi connectivity index (χ4n) is 5.21. The maximum atomic E-state index is 13.0. The van der Waals surface area contributed by atoms with Gasteiger partial charge in [-0.15, -0.1) is 0 Å². The quantitative estimate of drug-likeness (QED) is 0.301. The molecule has 182 valence electrons. The van der Waals surface area contributed by atoms with Crippen LogP contribution in [-0.2, 0) is 9.59 Å². The van der Waals surface area contributed by atoms with Crippen LogP contribution >= 0.6 is 0 Å². The second kappa shape index (κ2) is 13.4. The van der Waals surface area contributed by atoms with Crippen LogP contribution in [-0.4, -0.2) is 46.1 Å². The molecule has 0 aromatic rings. The third kappa shape index (κ3) is 10.4. The summed E-state index contributed by atoms with van der Waals surface area (Å²) in [4.78, 5) is 26.7. The van der Waals surface area contributed by atoms with Gasteiger partial charge in [-0.25, -0.2) is 0 Å². The Labute approximate surface area is 191 Å². The van der Waals surface area contributed by atoms with Crippen molar-refractivity contribution in [2.75, 3.05) is 7.05 Å². The van der Waals surface area contributed by atoms with E-state index in [0.29, 0.717) is 6.42 Å². The minimum atomic E-state index is -0.878. The van der Waals surface area contributed by atoms with E-state index < -0.39 is 11.9 Å². The molecule has 1 saturated heterocycles. The number of nitrogens with one attached hydrogen (secondary N) is 1. The summed E-state index contributed by atoms with van der Waals surface area (Å²) in [7, 11) is 2.15. The first-order valence-electron chi connectivity index (χ1n) is 12.8. The number of carboxylic acid groups (broad SMARTS) is 1. The molecule has 2 N–H and O–H groups in total. The van der Waals surface area contributed by atoms with Crippen LogP contribution in [0.5, 0.6) is 0 Å². The smallest absolute Gasteiger partial charge is 0.304 e. The molecule has 0 spiro atoms. The maximum absolute atomic E-state index is 13.0. The van der Waals surface area contributed by atoms with Gasteiger partial charge in [-0.2, -0.15) is 0 Å². The van der Waals surface area contributed by atoms with E-state index in [9.17, 15) is 14.7 Å². The number of hydrogen-bond donors (Lipinski definition) is 2. The molecule has 0 aromatic carbocycles. The van der Waals surface area contributed by atoms with Gasteiger partial charge in [0.1, 0.15) is 0 Å². The number of piperidine rings is 1. The Hall–Kier alpha value is -1.10. The number of likely N-dealkylation sites (tertiary alicyclic amines) is 1.